The Bertz CT molecular complexity index is 1080. The van der Waals surface area contributed by atoms with Gasteiger partial charge in [-0.1, -0.05) is 6.07 Å². The lowest BCUT2D eigenvalue weighted by Gasteiger charge is -2.24. The lowest BCUT2D eigenvalue weighted by Crippen LogP contribution is -2.35. The average molecular weight is 384 g/mol. The maximum Gasteiger partial charge on any atom is 0.341 e. The molecule has 10 heteroatoms. The second-order valence-electron chi connectivity index (χ2n) is 6.06. The van der Waals surface area contributed by atoms with Crippen molar-refractivity contribution < 1.29 is 39.0 Å². The highest BCUT2D eigenvalue weighted by Crippen LogP contribution is 2.37. The number of anilines is 2. The molecule has 2 aliphatic heterocycles. The van der Waals surface area contributed by atoms with Gasteiger partial charge < -0.3 is 10.2 Å². The summed E-state index contributed by atoms with van der Waals surface area (Å²) >= 11 is 0. The van der Waals surface area contributed by atoms with Crippen molar-refractivity contribution in [2.75, 3.05) is 9.80 Å². The van der Waals surface area contributed by atoms with Crippen molar-refractivity contribution in [3.63, 3.8) is 0 Å². The van der Waals surface area contributed by atoms with Gasteiger partial charge in [0.1, 0.15) is 11.1 Å². The summed E-state index contributed by atoms with van der Waals surface area (Å²) in [5.74, 6) is -7.00. The molecular weight excluding hydrogens is 372 g/mol. The van der Waals surface area contributed by atoms with Crippen LogP contribution in [0, 0.1) is 13.8 Å². The first-order valence-corrected chi connectivity index (χ1v) is 7.83. The molecule has 10 nitrogen and oxygen atoms in total. The van der Waals surface area contributed by atoms with Gasteiger partial charge in [-0.25, -0.2) is 19.4 Å². The SMILES string of the molecule is Cc1ccc(N2C(=O)C=C(C(=O)O)C2=O)c(C)c1N1C(=O)C=C(C(=O)O)C1=O. The molecule has 28 heavy (non-hydrogen) atoms. The molecule has 2 N–H and O–H groups in total. The van der Waals surface area contributed by atoms with Crippen molar-refractivity contribution in [2.45, 2.75) is 13.8 Å². The van der Waals surface area contributed by atoms with Crippen LogP contribution in [0.2, 0.25) is 0 Å². The van der Waals surface area contributed by atoms with Gasteiger partial charge in [-0.05, 0) is 31.0 Å². The number of carboxylic acids is 2. The number of hydrogen-bond donors (Lipinski definition) is 2. The molecule has 0 aromatic heterocycles. The van der Waals surface area contributed by atoms with E-state index in [9.17, 15) is 28.8 Å². The Hall–Kier alpha value is -4.08. The summed E-state index contributed by atoms with van der Waals surface area (Å²) in [5.41, 5.74) is -0.860. The van der Waals surface area contributed by atoms with E-state index in [4.69, 9.17) is 10.2 Å². The van der Waals surface area contributed by atoms with Gasteiger partial charge in [-0.15, -0.1) is 0 Å². The molecule has 0 fully saturated rings. The third kappa shape index (κ3) is 2.58. The minimum Gasteiger partial charge on any atom is -0.477 e. The molecule has 2 heterocycles. The number of carboxylic acid groups (broad SMARTS) is 2. The summed E-state index contributed by atoms with van der Waals surface area (Å²) in [5, 5.41) is 18.1. The molecule has 0 bridgehead atoms. The Labute approximate surface area is 156 Å². The van der Waals surface area contributed by atoms with E-state index < -0.39 is 46.7 Å². The van der Waals surface area contributed by atoms with Crippen LogP contribution in [-0.4, -0.2) is 45.8 Å². The molecule has 142 valence electrons. The number of aliphatic carboxylic acids is 2. The number of carbonyl (C=O) groups is 6. The standard InChI is InChI=1S/C18H12N2O8/c1-7-3-4-11(19-12(21)5-9(15(19)23)17(25)26)8(2)14(7)20-13(22)6-10(16(20)24)18(27)28/h3-6H,1-2H3,(H,25,26)(H,27,28). The third-order valence-corrected chi connectivity index (χ3v) is 4.37. The summed E-state index contributed by atoms with van der Waals surface area (Å²) in [7, 11) is 0. The number of rotatable bonds is 4. The zero-order valence-electron chi connectivity index (χ0n) is 14.5. The minimum atomic E-state index is -1.56. The van der Waals surface area contributed by atoms with E-state index in [1.54, 1.807) is 6.92 Å². The van der Waals surface area contributed by atoms with Crippen molar-refractivity contribution in [3.8, 4) is 0 Å². The number of carbonyl (C=O) groups excluding carboxylic acids is 4. The number of amides is 4. The molecule has 0 saturated carbocycles. The summed E-state index contributed by atoms with van der Waals surface area (Å²) in [6, 6.07) is 2.80. The molecule has 3 rings (SSSR count). The summed E-state index contributed by atoms with van der Waals surface area (Å²) in [6.45, 7) is 2.98. The predicted molar refractivity (Wildman–Crippen MR) is 92.3 cm³/mol. The van der Waals surface area contributed by atoms with Crippen LogP contribution in [0.15, 0.2) is 35.4 Å². The lowest BCUT2D eigenvalue weighted by atomic mass is 10.0. The highest BCUT2D eigenvalue weighted by molar-refractivity contribution is 6.40. The average Bonchev–Trinajstić information content (AvgIpc) is 3.06. The van der Waals surface area contributed by atoms with Gasteiger partial charge in [0.05, 0.1) is 11.4 Å². The van der Waals surface area contributed by atoms with E-state index in [0.29, 0.717) is 27.5 Å². The van der Waals surface area contributed by atoms with Crippen LogP contribution in [0.1, 0.15) is 11.1 Å². The van der Waals surface area contributed by atoms with E-state index in [1.165, 1.54) is 19.1 Å². The van der Waals surface area contributed by atoms with Crippen LogP contribution in [0.4, 0.5) is 11.4 Å². The quantitative estimate of drug-likeness (QED) is 0.547. The normalized spacial score (nSPS) is 16.6. The monoisotopic (exact) mass is 384 g/mol. The Morgan fingerprint density at radius 1 is 0.786 bits per heavy atom. The number of hydrogen-bond acceptors (Lipinski definition) is 6. The summed E-state index contributed by atoms with van der Waals surface area (Å²) < 4.78 is 0. The molecule has 2 aliphatic rings. The molecule has 4 amide bonds. The van der Waals surface area contributed by atoms with Crippen LogP contribution in [0.3, 0.4) is 0 Å². The highest BCUT2D eigenvalue weighted by Gasteiger charge is 2.40. The van der Waals surface area contributed by atoms with Crippen LogP contribution >= 0.6 is 0 Å². The van der Waals surface area contributed by atoms with E-state index >= 15 is 0 Å². The van der Waals surface area contributed by atoms with E-state index in [2.05, 4.69) is 0 Å². The van der Waals surface area contributed by atoms with Gasteiger partial charge in [0.2, 0.25) is 0 Å². The maximum absolute atomic E-state index is 12.4. The zero-order chi connectivity index (χ0) is 20.9. The minimum absolute atomic E-state index is 0.0179. The fraction of sp³-hybridized carbons (Fsp3) is 0.111. The predicted octanol–water partition coefficient (Wildman–Crippen LogP) is 0.0718. The third-order valence-electron chi connectivity index (χ3n) is 4.37. The van der Waals surface area contributed by atoms with Gasteiger partial charge in [0.25, 0.3) is 23.6 Å². The van der Waals surface area contributed by atoms with Gasteiger partial charge >= 0.3 is 11.9 Å². The molecule has 0 radical (unpaired) electrons. The second-order valence-corrected chi connectivity index (χ2v) is 6.06. The maximum atomic E-state index is 12.4. The van der Waals surface area contributed by atoms with Crippen LogP contribution in [-0.2, 0) is 28.8 Å². The largest absolute Gasteiger partial charge is 0.477 e. The van der Waals surface area contributed by atoms with Crippen molar-refractivity contribution in [1.82, 2.24) is 0 Å². The number of imide groups is 2. The first-order chi connectivity index (χ1) is 13.1. The van der Waals surface area contributed by atoms with Gasteiger partial charge in [-0.3, -0.25) is 19.2 Å². The fourth-order valence-corrected chi connectivity index (χ4v) is 3.10. The Morgan fingerprint density at radius 3 is 1.71 bits per heavy atom. The zero-order valence-corrected chi connectivity index (χ0v) is 14.5. The van der Waals surface area contributed by atoms with Crippen LogP contribution < -0.4 is 9.80 Å². The summed E-state index contributed by atoms with van der Waals surface area (Å²) in [6.07, 6.45) is 1.37. The van der Waals surface area contributed by atoms with E-state index in [-0.39, 0.29) is 16.9 Å². The lowest BCUT2D eigenvalue weighted by molar-refractivity contribution is -0.135. The highest BCUT2D eigenvalue weighted by atomic mass is 16.4. The van der Waals surface area contributed by atoms with E-state index in [1.807, 2.05) is 0 Å². The van der Waals surface area contributed by atoms with Crippen molar-refractivity contribution in [2.24, 2.45) is 0 Å². The van der Waals surface area contributed by atoms with Gasteiger partial charge in [0.15, 0.2) is 0 Å². The fourth-order valence-electron chi connectivity index (χ4n) is 3.10. The van der Waals surface area contributed by atoms with Crippen molar-refractivity contribution in [1.29, 1.82) is 0 Å². The number of nitrogens with zero attached hydrogens (tertiary/aromatic N) is 2. The van der Waals surface area contributed by atoms with Crippen molar-refractivity contribution in [3.05, 3.63) is 46.6 Å². The molecule has 0 spiro atoms. The number of benzene rings is 1. The Kier molecular flexibility index (Phi) is 4.19. The molecule has 0 atom stereocenters. The summed E-state index contributed by atoms with van der Waals surface area (Å²) in [4.78, 5) is 72.6. The first kappa shape index (κ1) is 18.7. The molecule has 1 aromatic carbocycles. The second kappa shape index (κ2) is 6.27. The molecule has 0 aliphatic carbocycles. The molecule has 0 saturated heterocycles. The van der Waals surface area contributed by atoms with Crippen LogP contribution in [0.5, 0.6) is 0 Å². The van der Waals surface area contributed by atoms with Crippen LogP contribution in [0.25, 0.3) is 0 Å². The van der Waals surface area contributed by atoms with Crippen molar-refractivity contribution >= 4 is 46.9 Å². The molecular formula is C18H12N2O8. The Morgan fingerprint density at radius 2 is 1.25 bits per heavy atom. The topological polar surface area (TPSA) is 149 Å². The Balaban J connectivity index is 2.11. The number of aryl methyl sites for hydroxylation is 1. The smallest absolute Gasteiger partial charge is 0.341 e. The molecule has 1 aromatic rings. The molecule has 0 unspecified atom stereocenters. The van der Waals surface area contributed by atoms with Gasteiger partial charge in [-0.2, -0.15) is 0 Å². The van der Waals surface area contributed by atoms with E-state index in [0.717, 1.165) is 0 Å². The first-order valence-electron chi connectivity index (χ1n) is 7.83. The van der Waals surface area contributed by atoms with Gasteiger partial charge in [0, 0.05) is 12.2 Å².